The Kier molecular flexibility index (Phi) is 4.49. The van der Waals surface area contributed by atoms with E-state index >= 15 is 0 Å². The standard InChI is InChI=1S/C15H19ClN4OS/c1-10(2)13-14(22-9-17-13)15(21)19-5-3-12(4-6-19)20-8-11(16)7-18-20/h7-10,12H,3-6H2,1-2H3. The molecule has 1 saturated heterocycles. The van der Waals surface area contributed by atoms with E-state index in [0.29, 0.717) is 11.1 Å². The number of nitrogens with zero attached hydrogens (tertiary/aromatic N) is 4. The van der Waals surface area contributed by atoms with E-state index in [0.717, 1.165) is 36.5 Å². The van der Waals surface area contributed by atoms with Gasteiger partial charge in [-0.25, -0.2) is 4.98 Å². The maximum absolute atomic E-state index is 12.7. The smallest absolute Gasteiger partial charge is 0.265 e. The molecule has 0 bridgehead atoms. The molecule has 0 atom stereocenters. The second-order valence-corrected chi connectivity index (χ2v) is 7.17. The SMILES string of the molecule is CC(C)c1ncsc1C(=O)N1CCC(n2cc(Cl)cn2)CC1. The summed E-state index contributed by atoms with van der Waals surface area (Å²) in [6, 6.07) is 0.322. The lowest BCUT2D eigenvalue weighted by atomic mass is 10.0. The predicted molar refractivity (Wildman–Crippen MR) is 87.6 cm³/mol. The third-order valence-corrected chi connectivity index (χ3v) is 5.06. The van der Waals surface area contributed by atoms with Crippen LogP contribution in [0, 0.1) is 0 Å². The maximum Gasteiger partial charge on any atom is 0.265 e. The van der Waals surface area contributed by atoms with Gasteiger partial charge in [-0.05, 0) is 18.8 Å². The Hall–Kier alpha value is -1.40. The number of hydrogen-bond donors (Lipinski definition) is 0. The highest BCUT2D eigenvalue weighted by Crippen LogP contribution is 2.27. The van der Waals surface area contributed by atoms with Crippen LogP contribution < -0.4 is 0 Å². The lowest BCUT2D eigenvalue weighted by molar-refractivity contribution is 0.0693. The molecule has 0 N–H and O–H groups in total. The van der Waals surface area contributed by atoms with Crippen LogP contribution in [0.3, 0.4) is 0 Å². The van der Waals surface area contributed by atoms with E-state index in [9.17, 15) is 4.79 Å². The molecule has 0 unspecified atom stereocenters. The molecular weight excluding hydrogens is 320 g/mol. The fourth-order valence-corrected chi connectivity index (χ4v) is 3.87. The van der Waals surface area contributed by atoms with Crippen LogP contribution in [0.4, 0.5) is 0 Å². The molecule has 2 aromatic rings. The number of carbonyl (C=O) groups is 1. The van der Waals surface area contributed by atoms with Gasteiger partial charge in [0.2, 0.25) is 0 Å². The maximum atomic E-state index is 12.7. The number of halogens is 1. The molecular formula is C15H19ClN4OS. The fourth-order valence-electron chi connectivity index (χ4n) is 2.82. The minimum absolute atomic E-state index is 0.114. The van der Waals surface area contributed by atoms with Crippen molar-refractivity contribution in [2.45, 2.75) is 38.6 Å². The molecule has 7 heteroatoms. The Bertz CT molecular complexity index is 658. The molecule has 0 aromatic carbocycles. The van der Waals surface area contributed by atoms with E-state index in [-0.39, 0.29) is 11.8 Å². The Morgan fingerprint density at radius 1 is 1.41 bits per heavy atom. The van der Waals surface area contributed by atoms with Gasteiger partial charge in [-0.2, -0.15) is 5.10 Å². The van der Waals surface area contributed by atoms with Crippen molar-refractivity contribution in [1.82, 2.24) is 19.7 Å². The molecule has 0 aliphatic carbocycles. The molecule has 0 radical (unpaired) electrons. The van der Waals surface area contributed by atoms with E-state index in [4.69, 9.17) is 11.6 Å². The van der Waals surface area contributed by atoms with Crippen molar-refractivity contribution in [2.75, 3.05) is 13.1 Å². The predicted octanol–water partition coefficient (Wildman–Crippen LogP) is 3.59. The van der Waals surface area contributed by atoms with Gasteiger partial charge in [-0.3, -0.25) is 9.48 Å². The molecule has 5 nitrogen and oxygen atoms in total. The molecule has 0 spiro atoms. The summed E-state index contributed by atoms with van der Waals surface area (Å²) in [5, 5.41) is 4.93. The zero-order valence-electron chi connectivity index (χ0n) is 12.7. The summed E-state index contributed by atoms with van der Waals surface area (Å²) < 4.78 is 1.91. The van der Waals surface area contributed by atoms with Crippen molar-refractivity contribution in [3.63, 3.8) is 0 Å². The van der Waals surface area contributed by atoms with Crippen LogP contribution in [0.25, 0.3) is 0 Å². The topological polar surface area (TPSA) is 51.0 Å². The van der Waals surface area contributed by atoms with Crippen LogP contribution in [-0.4, -0.2) is 38.7 Å². The highest BCUT2D eigenvalue weighted by molar-refractivity contribution is 7.11. The summed E-state index contributed by atoms with van der Waals surface area (Å²) in [5.74, 6) is 0.386. The first-order chi connectivity index (χ1) is 10.6. The van der Waals surface area contributed by atoms with Crippen molar-refractivity contribution >= 4 is 28.8 Å². The van der Waals surface area contributed by atoms with Gasteiger partial charge in [-0.1, -0.05) is 25.4 Å². The lowest BCUT2D eigenvalue weighted by Crippen LogP contribution is -2.39. The molecule has 2 aromatic heterocycles. The molecule has 22 heavy (non-hydrogen) atoms. The Morgan fingerprint density at radius 3 is 2.73 bits per heavy atom. The second-order valence-electron chi connectivity index (χ2n) is 5.88. The number of piperidine rings is 1. The van der Waals surface area contributed by atoms with E-state index in [1.807, 2.05) is 15.8 Å². The minimum Gasteiger partial charge on any atom is -0.338 e. The quantitative estimate of drug-likeness (QED) is 0.859. The van der Waals surface area contributed by atoms with E-state index in [1.165, 1.54) is 11.3 Å². The molecule has 1 aliphatic rings. The van der Waals surface area contributed by atoms with Crippen molar-refractivity contribution in [1.29, 1.82) is 0 Å². The van der Waals surface area contributed by atoms with Crippen molar-refractivity contribution in [3.8, 4) is 0 Å². The molecule has 118 valence electrons. The van der Waals surface area contributed by atoms with Gasteiger partial charge >= 0.3 is 0 Å². The number of likely N-dealkylation sites (tertiary alicyclic amines) is 1. The molecule has 3 rings (SSSR count). The Morgan fingerprint density at radius 2 is 2.14 bits per heavy atom. The third-order valence-electron chi connectivity index (χ3n) is 4.03. The second kappa shape index (κ2) is 6.38. The van der Waals surface area contributed by atoms with E-state index in [1.54, 1.807) is 11.7 Å². The van der Waals surface area contributed by atoms with Crippen LogP contribution in [0.15, 0.2) is 17.9 Å². The Labute approximate surface area is 138 Å². The van der Waals surface area contributed by atoms with Gasteiger partial charge < -0.3 is 4.90 Å². The van der Waals surface area contributed by atoms with Gasteiger partial charge in [0, 0.05) is 19.3 Å². The van der Waals surface area contributed by atoms with Gasteiger partial charge in [0.1, 0.15) is 4.88 Å². The number of thiazole rings is 1. The normalized spacial score (nSPS) is 16.5. The van der Waals surface area contributed by atoms with E-state index < -0.39 is 0 Å². The summed E-state index contributed by atoms with van der Waals surface area (Å²) >= 11 is 7.36. The zero-order valence-corrected chi connectivity index (χ0v) is 14.3. The zero-order chi connectivity index (χ0) is 15.7. The average Bonchev–Trinajstić information content (AvgIpc) is 3.15. The minimum atomic E-state index is 0.114. The molecule has 0 saturated carbocycles. The summed E-state index contributed by atoms with van der Waals surface area (Å²) in [6.45, 7) is 5.63. The largest absolute Gasteiger partial charge is 0.338 e. The Balaban J connectivity index is 1.66. The summed E-state index contributed by atoms with van der Waals surface area (Å²) in [7, 11) is 0. The number of amides is 1. The van der Waals surface area contributed by atoms with E-state index in [2.05, 4.69) is 23.9 Å². The molecule has 1 fully saturated rings. The molecule has 3 heterocycles. The summed E-state index contributed by atoms with van der Waals surface area (Å²) in [4.78, 5) is 19.7. The number of rotatable bonds is 3. The number of aromatic nitrogens is 3. The van der Waals surface area contributed by atoms with Gasteiger partial charge in [0.25, 0.3) is 5.91 Å². The first-order valence-corrected chi connectivity index (χ1v) is 8.74. The first kappa shape index (κ1) is 15.5. The van der Waals surface area contributed by atoms with Crippen molar-refractivity contribution in [3.05, 3.63) is 33.5 Å². The van der Waals surface area contributed by atoms with Gasteiger partial charge in [-0.15, -0.1) is 11.3 Å². The van der Waals surface area contributed by atoms with Crippen LogP contribution in [-0.2, 0) is 0 Å². The van der Waals surface area contributed by atoms with Crippen molar-refractivity contribution < 1.29 is 4.79 Å². The van der Waals surface area contributed by atoms with Gasteiger partial charge in [0.05, 0.1) is 28.5 Å². The van der Waals surface area contributed by atoms with Crippen LogP contribution >= 0.6 is 22.9 Å². The third kappa shape index (κ3) is 3.03. The highest BCUT2D eigenvalue weighted by atomic mass is 35.5. The first-order valence-electron chi connectivity index (χ1n) is 7.48. The number of hydrogen-bond acceptors (Lipinski definition) is 4. The lowest BCUT2D eigenvalue weighted by Gasteiger charge is -2.32. The summed E-state index contributed by atoms with van der Waals surface area (Å²) in [6.07, 6.45) is 5.31. The summed E-state index contributed by atoms with van der Waals surface area (Å²) in [5.41, 5.74) is 2.68. The molecule has 1 amide bonds. The average molecular weight is 339 g/mol. The van der Waals surface area contributed by atoms with Crippen LogP contribution in [0.2, 0.25) is 5.02 Å². The van der Waals surface area contributed by atoms with Crippen molar-refractivity contribution in [2.24, 2.45) is 0 Å². The fraction of sp³-hybridized carbons (Fsp3) is 0.533. The van der Waals surface area contributed by atoms with Gasteiger partial charge in [0.15, 0.2) is 0 Å². The highest BCUT2D eigenvalue weighted by Gasteiger charge is 2.27. The van der Waals surface area contributed by atoms with Crippen LogP contribution in [0.5, 0.6) is 0 Å². The number of carbonyl (C=O) groups excluding carboxylic acids is 1. The van der Waals surface area contributed by atoms with Crippen LogP contribution in [0.1, 0.15) is 54.0 Å². The molecule has 1 aliphatic heterocycles. The monoisotopic (exact) mass is 338 g/mol.